The highest BCUT2D eigenvalue weighted by Crippen LogP contribution is 2.70. The summed E-state index contributed by atoms with van der Waals surface area (Å²) in [7, 11) is 0. The maximum atomic E-state index is 11.8. The number of carbonyl (C=O) groups excluding carboxylic acids is 1. The van der Waals surface area contributed by atoms with Crippen LogP contribution in [-0.4, -0.2) is 18.0 Å². The molecule has 2 nitrogen and oxygen atoms in total. The van der Waals surface area contributed by atoms with Gasteiger partial charge in [0.2, 0.25) is 0 Å². The minimum Gasteiger partial charge on any atom is -0.369 e. The predicted octanol–water partition coefficient (Wildman–Crippen LogP) is 4.06. The first-order chi connectivity index (χ1) is 10.5. The van der Waals surface area contributed by atoms with Crippen LogP contribution in [-0.2, 0) is 9.53 Å². The van der Waals surface area contributed by atoms with E-state index in [9.17, 15) is 4.79 Å². The Morgan fingerprint density at radius 1 is 1.14 bits per heavy atom. The lowest BCUT2D eigenvalue weighted by molar-refractivity contribution is -0.111. The Morgan fingerprint density at radius 2 is 1.91 bits per heavy atom. The van der Waals surface area contributed by atoms with Gasteiger partial charge in [0.25, 0.3) is 0 Å². The van der Waals surface area contributed by atoms with E-state index >= 15 is 0 Å². The number of allylic oxidation sites excluding steroid dienone is 4. The third kappa shape index (κ3) is 1.43. The van der Waals surface area contributed by atoms with Crippen molar-refractivity contribution in [2.75, 3.05) is 6.61 Å². The Hall–Kier alpha value is -0.890. The van der Waals surface area contributed by atoms with Crippen molar-refractivity contribution in [3.63, 3.8) is 0 Å². The molecule has 6 unspecified atom stereocenters. The van der Waals surface area contributed by atoms with Crippen LogP contribution in [0.2, 0.25) is 0 Å². The molecule has 4 fully saturated rings. The molecule has 0 bridgehead atoms. The summed E-state index contributed by atoms with van der Waals surface area (Å²) in [6, 6.07) is 0. The summed E-state index contributed by atoms with van der Waals surface area (Å²) >= 11 is 0. The van der Waals surface area contributed by atoms with Crippen LogP contribution in [0.15, 0.2) is 23.8 Å². The van der Waals surface area contributed by atoms with Crippen LogP contribution < -0.4 is 0 Å². The normalized spacial score (nSPS) is 55.5. The predicted molar refractivity (Wildman–Crippen MR) is 85.3 cm³/mol. The zero-order valence-corrected chi connectivity index (χ0v) is 13.7. The van der Waals surface area contributed by atoms with E-state index in [1.807, 2.05) is 12.2 Å². The van der Waals surface area contributed by atoms with Gasteiger partial charge >= 0.3 is 0 Å². The molecule has 1 aliphatic heterocycles. The van der Waals surface area contributed by atoms with Crippen molar-refractivity contribution in [2.24, 2.45) is 28.6 Å². The number of ketones is 1. The first kappa shape index (κ1) is 13.5. The Bertz CT molecular complexity index is 611. The van der Waals surface area contributed by atoms with E-state index in [0.29, 0.717) is 5.41 Å². The number of hydrogen-bond acceptors (Lipinski definition) is 2. The van der Waals surface area contributed by atoms with Gasteiger partial charge in [-0.05, 0) is 68.4 Å². The summed E-state index contributed by atoms with van der Waals surface area (Å²) in [5, 5.41) is 0. The number of epoxide rings is 1. The van der Waals surface area contributed by atoms with Gasteiger partial charge in [0.15, 0.2) is 5.78 Å². The lowest BCUT2D eigenvalue weighted by atomic mass is 9.48. The Labute approximate surface area is 133 Å². The molecule has 4 aliphatic carbocycles. The van der Waals surface area contributed by atoms with Crippen molar-refractivity contribution in [3.8, 4) is 0 Å². The van der Waals surface area contributed by atoms with Crippen molar-refractivity contribution in [1.82, 2.24) is 0 Å². The summed E-state index contributed by atoms with van der Waals surface area (Å²) < 4.78 is 5.98. The number of hydrogen-bond donors (Lipinski definition) is 0. The molecule has 0 N–H and O–H groups in total. The minimum absolute atomic E-state index is 0.137. The van der Waals surface area contributed by atoms with Gasteiger partial charge < -0.3 is 4.74 Å². The van der Waals surface area contributed by atoms with Gasteiger partial charge in [0.05, 0.1) is 12.2 Å². The smallest absolute Gasteiger partial charge is 0.178 e. The van der Waals surface area contributed by atoms with Crippen molar-refractivity contribution < 1.29 is 9.53 Å². The van der Waals surface area contributed by atoms with Crippen LogP contribution in [0.4, 0.5) is 0 Å². The van der Waals surface area contributed by atoms with E-state index in [-0.39, 0.29) is 16.8 Å². The molecule has 0 aromatic heterocycles. The zero-order chi connectivity index (χ0) is 15.2. The first-order valence-electron chi connectivity index (χ1n) is 9.07. The van der Waals surface area contributed by atoms with Crippen LogP contribution in [0.25, 0.3) is 0 Å². The van der Waals surface area contributed by atoms with E-state index in [4.69, 9.17) is 4.74 Å². The molecule has 0 radical (unpaired) electrons. The molecule has 6 atom stereocenters. The molecule has 1 spiro atoms. The summed E-state index contributed by atoms with van der Waals surface area (Å²) in [4.78, 5) is 11.8. The second-order valence-corrected chi connectivity index (χ2v) is 8.88. The third-order valence-corrected chi connectivity index (χ3v) is 8.34. The second kappa shape index (κ2) is 3.95. The summed E-state index contributed by atoms with van der Waals surface area (Å²) in [5.74, 6) is 2.57. The fourth-order valence-corrected chi connectivity index (χ4v) is 6.85. The van der Waals surface area contributed by atoms with Gasteiger partial charge in [-0.3, -0.25) is 4.79 Å². The maximum Gasteiger partial charge on any atom is 0.178 e. The van der Waals surface area contributed by atoms with Gasteiger partial charge in [-0.1, -0.05) is 25.5 Å². The van der Waals surface area contributed by atoms with Gasteiger partial charge in [-0.25, -0.2) is 0 Å². The molecule has 0 aromatic carbocycles. The number of fused-ring (bicyclic) bond motifs is 6. The number of rotatable bonds is 0. The molecule has 5 rings (SSSR count). The van der Waals surface area contributed by atoms with Crippen molar-refractivity contribution >= 4 is 5.78 Å². The first-order valence-corrected chi connectivity index (χ1v) is 9.07. The minimum atomic E-state index is 0.137. The molecule has 22 heavy (non-hydrogen) atoms. The monoisotopic (exact) mass is 298 g/mol. The summed E-state index contributed by atoms with van der Waals surface area (Å²) in [5.41, 5.74) is 2.20. The summed E-state index contributed by atoms with van der Waals surface area (Å²) in [6.07, 6.45) is 13.6. The van der Waals surface area contributed by atoms with Gasteiger partial charge in [0, 0.05) is 10.8 Å². The fraction of sp³-hybridized carbons (Fsp3) is 0.750. The van der Waals surface area contributed by atoms with Crippen molar-refractivity contribution in [2.45, 2.75) is 58.0 Å². The van der Waals surface area contributed by atoms with Crippen molar-refractivity contribution in [1.29, 1.82) is 0 Å². The van der Waals surface area contributed by atoms with Gasteiger partial charge in [-0.15, -0.1) is 0 Å². The highest BCUT2D eigenvalue weighted by Gasteiger charge is 2.69. The van der Waals surface area contributed by atoms with Crippen LogP contribution >= 0.6 is 0 Å². The molecule has 0 aromatic rings. The molecule has 118 valence electrons. The Kier molecular flexibility index (Phi) is 2.43. The zero-order valence-electron chi connectivity index (χ0n) is 13.7. The van der Waals surface area contributed by atoms with Crippen LogP contribution in [0.3, 0.4) is 0 Å². The fourth-order valence-electron chi connectivity index (χ4n) is 6.85. The van der Waals surface area contributed by atoms with Gasteiger partial charge in [0.1, 0.15) is 0 Å². The number of ether oxygens (including phenoxy) is 1. The van der Waals surface area contributed by atoms with E-state index in [1.54, 1.807) is 0 Å². The van der Waals surface area contributed by atoms with Gasteiger partial charge in [-0.2, -0.15) is 0 Å². The highest BCUT2D eigenvalue weighted by molar-refractivity contribution is 6.01. The maximum absolute atomic E-state index is 11.8. The average molecular weight is 298 g/mol. The van der Waals surface area contributed by atoms with Crippen LogP contribution in [0.5, 0.6) is 0 Å². The Morgan fingerprint density at radius 3 is 2.68 bits per heavy atom. The van der Waals surface area contributed by atoms with Crippen LogP contribution in [0, 0.1) is 28.6 Å². The largest absolute Gasteiger partial charge is 0.369 e. The third-order valence-electron chi connectivity index (χ3n) is 8.34. The molecule has 3 saturated carbocycles. The molecular formula is C20H26O2. The molecule has 5 aliphatic rings. The highest BCUT2D eigenvalue weighted by atomic mass is 16.6. The SMILES string of the molecule is CC12C=CC(=O)C=C1CCC1C2CCC2(C)C1CCC21CO1. The molecular weight excluding hydrogens is 272 g/mol. The lowest BCUT2D eigenvalue weighted by Crippen LogP contribution is -2.51. The number of carbonyl (C=O) groups is 1. The summed E-state index contributed by atoms with van der Waals surface area (Å²) in [6.45, 7) is 5.91. The van der Waals surface area contributed by atoms with Crippen LogP contribution in [0.1, 0.15) is 52.4 Å². The second-order valence-electron chi connectivity index (χ2n) is 8.88. The van der Waals surface area contributed by atoms with Crippen molar-refractivity contribution in [3.05, 3.63) is 23.8 Å². The molecule has 1 heterocycles. The van der Waals surface area contributed by atoms with E-state index in [2.05, 4.69) is 19.9 Å². The molecule has 1 saturated heterocycles. The standard InChI is InChI=1S/C20H26O2/c1-18-8-5-14(21)11-13(18)3-4-15-16(18)6-9-19(2)17(15)7-10-20(19)12-22-20/h5,8,11,15-17H,3-4,6-7,9-10,12H2,1-2H3. The Balaban J connectivity index is 1.53. The van der Waals surface area contributed by atoms with E-state index < -0.39 is 0 Å². The molecule has 2 heteroatoms. The van der Waals surface area contributed by atoms with E-state index in [1.165, 1.54) is 37.7 Å². The van der Waals surface area contributed by atoms with E-state index in [0.717, 1.165) is 30.8 Å². The average Bonchev–Trinajstić information content (AvgIpc) is 3.22. The molecule has 0 amide bonds. The quantitative estimate of drug-likeness (QED) is 0.631. The topological polar surface area (TPSA) is 29.6 Å². The lowest BCUT2D eigenvalue weighted by Gasteiger charge is -2.56.